The molecular formula is C39H47F2IN12O4. The largest absolute Gasteiger partial charge is 0.454 e. The third-order valence-electron chi connectivity index (χ3n) is 9.55. The summed E-state index contributed by atoms with van der Waals surface area (Å²) in [6, 6.07) is 7.83. The lowest BCUT2D eigenvalue weighted by molar-refractivity contribution is 0.173. The fourth-order valence-corrected chi connectivity index (χ4v) is 7.32. The van der Waals surface area contributed by atoms with Crippen LogP contribution in [0.15, 0.2) is 24.3 Å². The number of anilines is 2. The molecule has 0 radical (unpaired) electrons. The van der Waals surface area contributed by atoms with Gasteiger partial charge in [-0.05, 0) is 95.4 Å². The van der Waals surface area contributed by atoms with Crippen LogP contribution in [0, 0.1) is 34.5 Å². The van der Waals surface area contributed by atoms with Crippen LogP contribution in [0.1, 0.15) is 56.0 Å². The number of nitrogens with two attached hydrogens (primary N) is 2. The molecule has 308 valence electrons. The van der Waals surface area contributed by atoms with Crippen molar-refractivity contribution in [2.75, 3.05) is 51.2 Å². The van der Waals surface area contributed by atoms with Gasteiger partial charge in [0.15, 0.2) is 57.0 Å². The van der Waals surface area contributed by atoms with Crippen molar-refractivity contribution in [1.29, 1.82) is 0 Å². The minimum absolute atomic E-state index is 0.0445. The van der Waals surface area contributed by atoms with E-state index in [1.54, 1.807) is 0 Å². The molecular weight excluding hydrogens is 865 g/mol. The Morgan fingerprint density at radius 3 is 1.57 bits per heavy atom. The van der Waals surface area contributed by atoms with Crippen LogP contribution < -0.4 is 41.0 Å². The standard InChI is InChI=1S/C20H25FN6O2.C19H22FIN6O2/c1-11(2)9-23-4-5-27-16(24-17-18(22)25-20(21)26-19(17)27)8-13-7-15-14(6-12(13)3)28-10-29-15;1-10(2)8-23-3-4-27-15(24-16-17(22)25-19(20)26-18(16)27)6-11-5-13-14(7-12(11)21)29-9-28-13/h6-7,11,23H,4-5,8-10H2,1-3H3,(H2,22,25,26);5,7,10,23H,3-4,6,8-9H2,1-2H3,(H2,22,25,26). The minimum Gasteiger partial charge on any atom is -0.454 e. The lowest BCUT2D eigenvalue weighted by Gasteiger charge is -2.12. The van der Waals surface area contributed by atoms with E-state index in [9.17, 15) is 8.78 Å². The summed E-state index contributed by atoms with van der Waals surface area (Å²) in [5.74, 6) is 5.59. The van der Waals surface area contributed by atoms with Crippen molar-refractivity contribution in [1.82, 2.24) is 49.7 Å². The van der Waals surface area contributed by atoms with E-state index >= 15 is 0 Å². The first kappa shape index (κ1) is 41.0. The number of aromatic nitrogens is 8. The Bertz CT molecular complexity index is 2270. The second-order valence-electron chi connectivity index (χ2n) is 14.9. The average molecular weight is 913 g/mol. The van der Waals surface area contributed by atoms with Crippen molar-refractivity contribution in [3.63, 3.8) is 0 Å². The topological polar surface area (TPSA) is 200 Å². The van der Waals surface area contributed by atoms with Crippen LogP contribution in [0.25, 0.3) is 22.3 Å². The predicted molar refractivity (Wildman–Crippen MR) is 223 cm³/mol. The molecule has 58 heavy (non-hydrogen) atoms. The summed E-state index contributed by atoms with van der Waals surface area (Å²) in [4.78, 5) is 24.4. The molecule has 6 N–H and O–H groups in total. The SMILES string of the molecule is CC(C)CNCCn1c(Cc2cc3c(cc2I)OCO3)nc2c(N)nc(F)nc21.Cc1cc2c(cc1Cc1nc3c(N)nc(F)nc3n1CCNCC(C)C)OCO2. The predicted octanol–water partition coefficient (Wildman–Crippen LogP) is 5.14. The van der Waals surface area contributed by atoms with Crippen molar-refractivity contribution in [2.45, 2.75) is 60.5 Å². The number of aryl methyl sites for hydroxylation is 1. The molecule has 19 heteroatoms. The summed E-state index contributed by atoms with van der Waals surface area (Å²) in [5.41, 5.74) is 16.6. The fourth-order valence-electron chi connectivity index (χ4n) is 6.69. The molecule has 0 amide bonds. The number of imidazole rings is 2. The van der Waals surface area contributed by atoms with E-state index in [4.69, 9.17) is 30.4 Å². The molecule has 2 aliphatic rings. The molecule has 0 aliphatic carbocycles. The van der Waals surface area contributed by atoms with E-state index in [-0.39, 0.29) is 25.2 Å². The van der Waals surface area contributed by atoms with E-state index < -0.39 is 12.2 Å². The highest BCUT2D eigenvalue weighted by Gasteiger charge is 2.23. The number of hydrogen-bond donors (Lipinski definition) is 4. The van der Waals surface area contributed by atoms with Crippen LogP contribution in [0.2, 0.25) is 0 Å². The summed E-state index contributed by atoms with van der Waals surface area (Å²) in [6.45, 7) is 15.5. The number of nitrogens with one attached hydrogen (secondary N) is 2. The van der Waals surface area contributed by atoms with Crippen molar-refractivity contribution in [2.24, 2.45) is 11.8 Å². The molecule has 6 heterocycles. The van der Waals surface area contributed by atoms with Gasteiger partial charge in [-0.25, -0.2) is 9.97 Å². The molecule has 0 bridgehead atoms. The molecule has 2 aromatic carbocycles. The third kappa shape index (κ3) is 9.25. The lowest BCUT2D eigenvalue weighted by Crippen LogP contribution is -2.25. The summed E-state index contributed by atoms with van der Waals surface area (Å²) < 4.78 is 54.4. The van der Waals surface area contributed by atoms with Gasteiger partial charge in [0.25, 0.3) is 0 Å². The summed E-state index contributed by atoms with van der Waals surface area (Å²) >= 11 is 2.27. The Morgan fingerprint density at radius 2 is 1.09 bits per heavy atom. The summed E-state index contributed by atoms with van der Waals surface area (Å²) in [6.07, 6.45) is -0.645. The molecule has 0 saturated carbocycles. The van der Waals surface area contributed by atoms with Gasteiger partial charge in [-0.15, -0.1) is 0 Å². The highest BCUT2D eigenvalue weighted by molar-refractivity contribution is 14.1. The lowest BCUT2D eigenvalue weighted by atomic mass is 10.0. The maximum absolute atomic E-state index is 13.8. The molecule has 6 aromatic rings. The van der Waals surface area contributed by atoms with E-state index in [1.807, 2.05) is 40.3 Å². The van der Waals surface area contributed by atoms with E-state index in [0.29, 0.717) is 78.9 Å². The highest BCUT2D eigenvalue weighted by atomic mass is 127. The Hall–Kier alpha value is -5.15. The van der Waals surface area contributed by atoms with Gasteiger partial charge in [-0.2, -0.15) is 28.7 Å². The van der Waals surface area contributed by atoms with Crippen molar-refractivity contribution in [3.05, 3.63) is 68.3 Å². The third-order valence-corrected chi connectivity index (χ3v) is 10.6. The van der Waals surface area contributed by atoms with Gasteiger partial charge in [0.05, 0.1) is 0 Å². The number of nitrogen functional groups attached to an aromatic ring is 2. The number of benzene rings is 2. The molecule has 8 rings (SSSR count). The van der Waals surface area contributed by atoms with Crippen molar-refractivity contribution < 1.29 is 27.7 Å². The maximum atomic E-state index is 13.8. The number of nitrogens with zero attached hydrogens (tertiary/aromatic N) is 8. The number of halogens is 3. The Morgan fingerprint density at radius 1 is 0.655 bits per heavy atom. The van der Waals surface area contributed by atoms with Crippen LogP contribution >= 0.6 is 22.6 Å². The Balaban J connectivity index is 0.000000177. The van der Waals surface area contributed by atoms with Gasteiger partial charge in [-0.1, -0.05) is 27.7 Å². The average Bonchev–Trinajstić information content (AvgIpc) is 3.95. The molecule has 0 fully saturated rings. The fraction of sp³-hybridized carbons (Fsp3) is 0.436. The Labute approximate surface area is 347 Å². The first-order valence-electron chi connectivity index (χ1n) is 19.1. The molecule has 0 unspecified atom stereocenters. The summed E-state index contributed by atoms with van der Waals surface area (Å²) in [5, 5.41) is 6.80. The van der Waals surface area contributed by atoms with Crippen LogP contribution in [0.4, 0.5) is 20.4 Å². The number of fused-ring (bicyclic) bond motifs is 4. The zero-order valence-corrected chi connectivity index (χ0v) is 35.2. The number of rotatable bonds is 14. The van der Waals surface area contributed by atoms with Crippen LogP contribution in [-0.2, 0) is 25.9 Å². The van der Waals surface area contributed by atoms with Gasteiger partial charge in [-0.3, -0.25) is 0 Å². The van der Waals surface area contributed by atoms with E-state index in [0.717, 1.165) is 62.2 Å². The second-order valence-corrected chi connectivity index (χ2v) is 16.1. The molecule has 0 saturated heterocycles. The van der Waals surface area contributed by atoms with Crippen LogP contribution in [0.3, 0.4) is 0 Å². The molecule has 0 spiro atoms. The van der Waals surface area contributed by atoms with Gasteiger partial charge >= 0.3 is 12.2 Å². The summed E-state index contributed by atoms with van der Waals surface area (Å²) in [7, 11) is 0. The molecule has 2 aliphatic heterocycles. The van der Waals surface area contributed by atoms with Crippen LogP contribution in [-0.4, -0.2) is 78.8 Å². The van der Waals surface area contributed by atoms with Gasteiger partial charge in [0, 0.05) is 42.6 Å². The molecule has 16 nitrogen and oxygen atoms in total. The highest BCUT2D eigenvalue weighted by Crippen LogP contribution is 2.37. The number of hydrogen-bond acceptors (Lipinski definition) is 14. The normalized spacial score (nSPS) is 13.0. The van der Waals surface area contributed by atoms with Gasteiger partial charge in [0.2, 0.25) is 13.6 Å². The first-order chi connectivity index (χ1) is 27.8. The van der Waals surface area contributed by atoms with E-state index in [2.05, 4.69) is 90.8 Å². The Kier molecular flexibility index (Phi) is 12.6. The van der Waals surface area contributed by atoms with Crippen LogP contribution in [0.5, 0.6) is 23.0 Å². The van der Waals surface area contributed by atoms with Crippen molar-refractivity contribution in [3.8, 4) is 23.0 Å². The minimum atomic E-state index is -0.851. The van der Waals surface area contributed by atoms with Crippen molar-refractivity contribution >= 4 is 56.6 Å². The van der Waals surface area contributed by atoms with E-state index in [1.165, 1.54) is 0 Å². The monoisotopic (exact) mass is 912 g/mol. The smallest absolute Gasteiger partial charge is 0.312 e. The maximum Gasteiger partial charge on any atom is 0.312 e. The quantitative estimate of drug-likeness (QED) is 0.0637. The first-order valence-corrected chi connectivity index (χ1v) is 20.2. The molecule has 4 aromatic heterocycles. The second kappa shape index (κ2) is 17.8. The molecule has 0 atom stereocenters. The van der Waals surface area contributed by atoms with Gasteiger partial charge in [0.1, 0.15) is 11.6 Å². The zero-order valence-electron chi connectivity index (χ0n) is 33.0. The van der Waals surface area contributed by atoms with Gasteiger partial charge < -0.3 is 50.2 Å². The zero-order chi connectivity index (χ0) is 41.1. The number of ether oxygens (including phenoxy) is 4.